The van der Waals surface area contributed by atoms with Crippen LogP contribution in [0, 0.1) is 0 Å². The highest BCUT2D eigenvalue weighted by Gasteiger charge is 2.38. The third-order valence-electron chi connectivity index (χ3n) is 6.30. The summed E-state index contributed by atoms with van der Waals surface area (Å²) in [5.41, 5.74) is 8.76. The van der Waals surface area contributed by atoms with E-state index in [1.165, 1.54) is 12.6 Å². The van der Waals surface area contributed by atoms with Gasteiger partial charge in [-0.3, -0.25) is 20.0 Å². The van der Waals surface area contributed by atoms with E-state index in [4.69, 9.17) is 5.73 Å². The Morgan fingerprint density at radius 2 is 1.94 bits per heavy atom. The molecule has 33 heavy (non-hydrogen) atoms. The lowest BCUT2D eigenvalue weighted by Gasteiger charge is -2.31. The summed E-state index contributed by atoms with van der Waals surface area (Å²) in [6.45, 7) is 4.10. The van der Waals surface area contributed by atoms with E-state index in [0.29, 0.717) is 27.8 Å². The van der Waals surface area contributed by atoms with Gasteiger partial charge in [-0.15, -0.1) is 0 Å². The van der Waals surface area contributed by atoms with Crippen LogP contribution < -0.4 is 16.4 Å². The topological polar surface area (TPSA) is 152 Å². The highest BCUT2D eigenvalue weighted by Crippen LogP contribution is 2.42. The first kappa shape index (κ1) is 21.5. The molecule has 0 bridgehead atoms. The predicted molar refractivity (Wildman–Crippen MR) is 125 cm³/mol. The van der Waals surface area contributed by atoms with E-state index in [0.717, 1.165) is 48.1 Å². The number of thiazole rings is 1. The van der Waals surface area contributed by atoms with Gasteiger partial charge in [-0.25, -0.2) is 15.0 Å². The molecule has 0 saturated heterocycles. The lowest BCUT2D eigenvalue weighted by molar-refractivity contribution is 0.0931. The molecule has 3 heterocycles. The molecule has 0 aliphatic heterocycles. The van der Waals surface area contributed by atoms with Crippen LogP contribution in [0.25, 0.3) is 11.4 Å². The number of nitrogens with two attached hydrogens (primary N) is 1. The lowest BCUT2D eigenvalue weighted by atomic mass is 9.73. The van der Waals surface area contributed by atoms with Gasteiger partial charge in [0.1, 0.15) is 4.88 Å². The van der Waals surface area contributed by atoms with Crippen LogP contribution >= 0.6 is 11.3 Å². The van der Waals surface area contributed by atoms with Gasteiger partial charge in [0.05, 0.1) is 17.6 Å². The van der Waals surface area contributed by atoms with Gasteiger partial charge >= 0.3 is 0 Å². The molecule has 0 atom stereocenters. The number of nitrogens with one attached hydrogen (secondary N) is 3. The number of nitrogen functional groups attached to an aromatic ring is 1. The van der Waals surface area contributed by atoms with Crippen molar-refractivity contribution in [3.05, 3.63) is 34.1 Å². The summed E-state index contributed by atoms with van der Waals surface area (Å²) in [7, 11) is 0. The normalized spacial score (nSPS) is 17.2. The number of fused-ring (bicyclic) bond motifs is 3. The van der Waals surface area contributed by atoms with E-state index < -0.39 is 0 Å². The first-order valence-electron chi connectivity index (χ1n) is 11.1. The van der Waals surface area contributed by atoms with Crippen LogP contribution in [0.2, 0.25) is 0 Å². The highest BCUT2D eigenvalue weighted by molar-refractivity contribution is 7.17. The summed E-state index contributed by atoms with van der Waals surface area (Å²) in [4.78, 5) is 38.8. The molecule has 0 unspecified atom stereocenters. The van der Waals surface area contributed by atoms with E-state index in [-0.39, 0.29) is 34.9 Å². The largest absolute Gasteiger partial charge is 0.368 e. The van der Waals surface area contributed by atoms with Crippen molar-refractivity contribution < 1.29 is 9.59 Å². The molecule has 5 N–H and O–H groups in total. The standard InChI is InChI=1S/C22H26N8O2S/c1-22(2)8-11-9-24-20(23)27-15(11)16-14(22)17(30-29-16)19(32)28-21-25-10-13(33-21)18(31)26-12-6-4-3-5-7-12/h9-10,12H,3-8H2,1-2H3,(H,26,31)(H,29,30)(H2,23,24,27)(H,25,28,32). The number of nitrogens with zero attached hydrogens (tertiary/aromatic N) is 4. The zero-order valence-corrected chi connectivity index (χ0v) is 19.4. The van der Waals surface area contributed by atoms with E-state index >= 15 is 0 Å². The molecule has 5 rings (SSSR count). The maximum atomic E-state index is 13.1. The molecule has 1 saturated carbocycles. The minimum atomic E-state index is -0.389. The Labute approximate surface area is 194 Å². The summed E-state index contributed by atoms with van der Waals surface area (Å²) in [6, 6.07) is 0.213. The van der Waals surface area contributed by atoms with Crippen LogP contribution in [0.15, 0.2) is 12.4 Å². The van der Waals surface area contributed by atoms with Crippen molar-refractivity contribution in [1.82, 2.24) is 30.5 Å². The van der Waals surface area contributed by atoms with Gasteiger partial charge in [0.2, 0.25) is 5.95 Å². The van der Waals surface area contributed by atoms with Crippen molar-refractivity contribution in [2.45, 2.75) is 63.8 Å². The second-order valence-electron chi connectivity index (χ2n) is 9.28. The fourth-order valence-corrected chi connectivity index (χ4v) is 5.48. The number of aromatic nitrogens is 5. The van der Waals surface area contributed by atoms with Gasteiger partial charge in [-0.05, 0) is 30.2 Å². The molecule has 172 valence electrons. The first-order chi connectivity index (χ1) is 15.8. The predicted octanol–water partition coefficient (Wildman–Crippen LogP) is 3.05. The molecular formula is C22H26N8O2S. The molecule has 0 spiro atoms. The van der Waals surface area contributed by atoms with Crippen LogP contribution in [0.1, 0.15) is 77.2 Å². The fraction of sp³-hybridized carbons (Fsp3) is 0.455. The first-order valence-corrected chi connectivity index (χ1v) is 11.9. The zero-order valence-electron chi connectivity index (χ0n) is 18.6. The smallest absolute Gasteiger partial charge is 0.278 e. The summed E-state index contributed by atoms with van der Waals surface area (Å²) in [5.74, 6) is -0.367. The van der Waals surface area contributed by atoms with Gasteiger partial charge in [0.25, 0.3) is 11.8 Å². The number of hydrogen-bond donors (Lipinski definition) is 4. The van der Waals surface area contributed by atoms with E-state index in [2.05, 4.69) is 49.6 Å². The second kappa shape index (κ2) is 8.22. The number of hydrogen-bond acceptors (Lipinski definition) is 8. The second-order valence-corrected chi connectivity index (χ2v) is 10.3. The van der Waals surface area contributed by atoms with Gasteiger partial charge in [-0.2, -0.15) is 5.10 Å². The van der Waals surface area contributed by atoms with Gasteiger partial charge in [0, 0.05) is 17.8 Å². The van der Waals surface area contributed by atoms with Crippen molar-refractivity contribution in [3.8, 4) is 11.4 Å². The molecule has 3 aromatic rings. The third kappa shape index (κ3) is 4.08. The zero-order chi connectivity index (χ0) is 23.2. The van der Waals surface area contributed by atoms with E-state index in [9.17, 15) is 9.59 Å². The van der Waals surface area contributed by atoms with Crippen molar-refractivity contribution in [2.24, 2.45) is 0 Å². The molecule has 10 nitrogen and oxygen atoms in total. The molecular weight excluding hydrogens is 440 g/mol. The SMILES string of the molecule is CC1(C)Cc2cnc(N)nc2-c2[nH]nc(C(=O)Nc3ncc(C(=O)NC4CCCCC4)s3)c21. The minimum absolute atomic E-state index is 0.146. The van der Waals surface area contributed by atoms with Crippen LogP contribution in [-0.4, -0.2) is 43.0 Å². The Hall–Kier alpha value is -3.34. The average molecular weight is 467 g/mol. The number of H-pyrrole nitrogens is 1. The number of anilines is 2. The number of rotatable bonds is 4. The van der Waals surface area contributed by atoms with Crippen molar-refractivity contribution in [3.63, 3.8) is 0 Å². The van der Waals surface area contributed by atoms with Crippen LogP contribution in [0.3, 0.4) is 0 Å². The molecule has 2 aliphatic rings. The monoisotopic (exact) mass is 466 g/mol. The summed E-state index contributed by atoms with van der Waals surface area (Å²) < 4.78 is 0. The quantitative estimate of drug-likeness (QED) is 0.461. The van der Waals surface area contributed by atoms with Gasteiger partial charge in [-0.1, -0.05) is 44.4 Å². The number of amides is 2. The number of carbonyl (C=O) groups is 2. The fourth-order valence-electron chi connectivity index (χ4n) is 4.76. The molecule has 1 fully saturated rings. The van der Waals surface area contributed by atoms with E-state index in [1.54, 1.807) is 6.20 Å². The maximum absolute atomic E-state index is 13.1. The van der Waals surface area contributed by atoms with Gasteiger partial charge in [0.15, 0.2) is 10.8 Å². The molecule has 2 amide bonds. The Morgan fingerprint density at radius 3 is 2.73 bits per heavy atom. The molecule has 0 radical (unpaired) electrons. The van der Waals surface area contributed by atoms with Crippen LogP contribution in [0.5, 0.6) is 0 Å². The summed E-state index contributed by atoms with van der Waals surface area (Å²) in [6.07, 6.45) is 9.39. The molecule has 2 aliphatic carbocycles. The Balaban J connectivity index is 1.35. The lowest BCUT2D eigenvalue weighted by Crippen LogP contribution is -2.35. The number of carbonyl (C=O) groups excluding carboxylic acids is 2. The highest BCUT2D eigenvalue weighted by atomic mass is 32.1. The van der Waals surface area contributed by atoms with Crippen molar-refractivity contribution >= 4 is 34.2 Å². The van der Waals surface area contributed by atoms with Gasteiger partial charge < -0.3 is 11.1 Å². The molecule has 3 aromatic heterocycles. The Bertz CT molecular complexity index is 1220. The van der Waals surface area contributed by atoms with Crippen molar-refractivity contribution in [2.75, 3.05) is 11.1 Å². The third-order valence-corrected chi connectivity index (χ3v) is 7.21. The van der Waals surface area contributed by atoms with E-state index in [1.807, 2.05) is 0 Å². The molecule has 11 heteroatoms. The number of aromatic amines is 1. The Kier molecular flexibility index (Phi) is 5.35. The maximum Gasteiger partial charge on any atom is 0.278 e. The minimum Gasteiger partial charge on any atom is -0.368 e. The van der Waals surface area contributed by atoms with Crippen molar-refractivity contribution in [1.29, 1.82) is 0 Å². The average Bonchev–Trinajstić information content (AvgIpc) is 3.43. The van der Waals surface area contributed by atoms with Crippen LogP contribution in [0.4, 0.5) is 11.1 Å². The molecule has 0 aromatic carbocycles. The Morgan fingerprint density at radius 1 is 1.15 bits per heavy atom. The summed E-state index contributed by atoms with van der Waals surface area (Å²) >= 11 is 1.15. The van der Waals surface area contributed by atoms with Crippen LogP contribution in [-0.2, 0) is 11.8 Å². The summed E-state index contributed by atoms with van der Waals surface area (Å²) in [5, 5.41) is 13.5.